The van der Waals surface area contributed by atoms with Gasteiger partial charge in [0.25, 0.3) is 0 Å². The van der Waals surface area contributed by atoms with Crippen LogP contribution in [0.2, 0.25) is 0 Å². The normalized spacial score (nSPS) is 24.1. The maximum atomic E-state index is 8.71. The van der Waals surface area contributed by atoms with Crippen molar-refractivity contribution in [2.24, 2.45) is 0 Å². The third-order valence-electron chi connectivity index (χ3n) is 2.83. The topological polar surface area (TPSA) is 65.7 Å². The summed E-state index contributed by atoms with van der Waals surface area (Å²) in [6, 6.07) is 2.09. The summed E-state index contributed by atoms with van der Waals surface area (Å²) in [4.78, 5) is 2.18. The molecule has 1 N–H and O–H groups in total. The summed E-state index contributed by atoms with van der Waals surface area (Å²) < 4.78 is 11.1. The molecule has 5 heteroatoms. The molecule has 0 aromatic rings. The highest BCUT2D eigenvalue weighted by Crippen LogP contribution is 2.18. The molecule has 1 heterocycles. The average Bonchev–Trinajstić information content (AvgIpc) is 2.79. The van der Waals surface area contributed by atoms with E-state index < -0.39 is 0 Å². The zero-order valence-corrected chi connectivity index (χ0v) is 10.5. The molecule has 17 heavy (non-hydrogen) atoms. The van der Waals surface area contributed by atoms with Gasteiger partial charge in [-0.2, -0.15) is 5.26 Å². The maximum Gasteiger partial charge on any atom is 0.159 e. The van der Waals surface area contributed by atoms with Crippen LogP contribution in [-0.2, 0) is 9.47 Å². The van der Waals surface area contributed by atoms with E-state index in [-0.39, 0.29) is 19.0 Å². The molecule has 0 spiro atoms. The minimum atomic E-state index is -0.192. The molecule has 0 aromatic heterocycles. The smallest absolute Gasteiger partial charge is 0.159 e. The number of nitrogens with zero attached hydrogens (tertiary/aromatic N) is 2. The Labute approximate surface area is 103 Å². The highest BCUT2D eigenvalue weighted by Gasteiger charge is 2.25. The van der Waals surface area contributed by atoms with Crippen LogP contribution in [0, 0.1) is 11.3 Å². The Bertz CT molecular complexity index is 242. The van der Waals surface area contributed by atoms with Gasteiger partial charge in [0.05, 0.1) is 18.8 Å². The summed E-state index contributed by atoms with van der Waals surface area (Å²) >= 11 is 0. The summed E-state index contributed by atoms with van der Waals surface area (Å²) in [5.41, 5.74) is 0. The molecule has 0 radical (unpaired) electrons. The Morgan fingerprint density at radius 3 is 2.94 bits per heavy atom. The third-order valence-corrected chi connectivity index (χ3v) is 2.83. The number of ether oxygens (including phenoxy) is 2. The minimum absolute atomic E-state index is 0.148. The van der Waals surface area contributed by atoms with Gasteiger partial charge >= 0.3 is 0 Å². The Hall–Kier alpha value is -0.670. The Morgan fingerprint density at radius 2 is 2.24 bits per heavy atom. The standard InChI is InChI=1S/C12H22N2O3/c1-14(7-3-9-15)8-5-11-10-16-12(17-11)4-2-6-13/h11-12,15H,2-5,7-10H2,1H3. The Balaban J connectivity index is 2.07. The summed E-state index contributed by atoms with van der Waals surface area (Å²) in [5, 5.41) is 17.2. The van der Waals surface area contributed by atoms with Crippen LogP contribution in [0.15, 0.2) is 0 Å². The molecule has 0 amide bonds. The van der Waals surface area contributed by atoms with E-state index in [9.17, 15) is 0 Å². The first-order chi connectivity index (χ1) is 8.26. The van der Waals surface area contributed by atoms with E-state index in [1.807, 2.05) is 7.05 Å². The lowest BCUT2D eigenvalue weighted by atomic mass is 10.2. The molecular weight excluding hydrogens is 220 g/mol. The molecule has 1 saturated heterocycles. The molecule has 1 aliphatic rings. The zero-order chi connectivity index (χ0) is 12.5. The van der Waals surface area contributed by atoms with Crippen molar-refractivity contribution in [2.45, 2.75) is 38.1 Å². The molecule has 98 valence electrons. The van der Waals surface area contributed by atoms with Crippen molar-refractivity contribution in [3.05, 3.63) is 0 Å². The van der Waals surface area contributed by atoms with Gasteiger partial charge < -0.3 is 19.5 Å². The van der Waals surface area contributed by atoms with Crippen LogP contribution in [0.1, 0.15) is 25.7 Å². The van der Waals surface area contributed by atoms with Crippen LogP contribution in [-0.4, -0.2) is 55.8 Å². The summed E-state index contributed by atoms with van der Waals surface area (Å²) in [6.07, 6.45) is 2.84. The van der Waals surface area contributed by atoms with E-state index >= 15 is 0 Å². The SMILES string of the molecule is CN(CCCO)CCC1COC(CCC#N)O1. The summed E-state index contributed by atoms with van der Waals surface area (Å²) in [5.74, 6) is 0. The first kappa shape index (κ1) is 14.4. The van der Waals surface area contributed by atoms with Gasteiger partial charge in [-0.15, -0.1) is 0 Å². The molecule has 1 aliphatic heterocycles. The molecule has 0 aliphatic carbocycles. The van der Waals surface area contributed by atoms with Crippen LogP contribution >= 0.6 is 0 Å². The zero-order valence-electron chi connectivity index (χ0n) is 10.5. The van der Waals surface area contributed by atoms with Crippen molar-refractivity contribution in [1.82, 2.24) is 4.90 Å². The van der Waals surface area contributed by atoms with Gasteiger partial charge in [-0.1, -0.05) is 0 Å². The highest BCUT2D eigenvalue weighted by molar-refractivity contribution is 4.73. The van der Waals surface area contributed by atoms with Crippen LogP contribution in [0.4, 0.5) is 0 Å². The Morgan fingerprint density at radius 1 is 1.41 bits per heavy atom. The van der Waals surface area contributed by atoms with E-state index in [0.717, 1.165) is 25.9 Å². The second-order valence-electron chi connectivity index (χ2n) is 4.39. The first-order valence-corrected chi connectivity index (χ1v) is 6.19. The fraction of sp³-hybridized carbons (Fsp3) is 0.917. The molecule has 0 aromatic carbocycles. The van der Waals surface area contributed by atoms with Gasteiger partial charge in [0.2, 0.25) is 0 Å². The Kier molecular flexibility index (Phi) is 7.13. The van der Waals surface area contributed by atoms with E-state index in [1.165, 1.54) is 0 Å². The number of nitriles is 1. The first-order valence-electron chi connectivity index (χ1n) is 6.19. The van der Waals surface area contributed by atoms with E-state index in [1.54, 1.807) is 0 Å². The van der Waals surface area contributed by atoms with E-state index in [0.29, 0.717) is 19.4 Å². The molecule has 2 atom stereocenters. The van der Waals surface area contributed by atoms with Crippen molar-refractivity contribution < 1.29 is 14.6 Å². The second-order valence-corrected chi connectivity index (χ2v) is 4.39. The van der Waals surface area contributed by atoms with Crippen molar-refractivity contribution >= 4 is 0 Å². The minimum Gasteiger partial charge on any atom is -0.396 e. The highest BCUT2D eigenvalue weighted by atomic mass is 16.7. The lowest BCUT2D eigenvalue weighted by Gasteiger charge is -2.17. The van der Waals surface area contributed by atoms with Crippen molar-refractivity contribution in [3.63, 3.8) is 0 Å². The van der Waals surface area contributed by atoms with Crippen LogP contribution < -0.4 is 0 Å². The lowest BCUT2D eigenvalue weighted by molar-refractivity contribution is -0.0625. The van der Waals surface area contributed by atoms with E-state index in [4.69, 9.17) is 19.8 Å². The largest absolute Gasteiger partial charge is 0.396 e. The van der Waals surface area contributed by atoms with Crippen LogP contribution in [0.3, 0.4) is 0 Å². The summed E-state index contributed by atoms with van der Waals surface area (Å²) in [6.45, 7) is 2.72. The molecule has 5 nitrogen and oxygen atoms in total. The van der Waals surface area contributed by atoms with Gasteiger partial charge in [-0.25, -0.2) is 0 Å². The van der Waals surface area contributed by atoms with Gasteiger partial charge in [-0.05, 0) is 19.9 Å². The van der Waals surface area contributed by atoms with E-state index in [2.05, 4.69) is 11.0 Å². The number of hydrogen-bond acceptors (Lipinski definition) is 5. The molecule has 1 rings (SSSR count). The van der Waals surface area contributed by atoms with Crippen LogP contribution in [0.25, 0.3) is 0 Å². The number of aliphatic hydroxyl groups is 1. The average molecular weight is 242 g/mol. The fourth-order valence-electron chi connectivity index (χ4n) is 1.81. The molecule has 2 unspecified atom stereocenters. The number of rotatable bonds is 8. The number of hydrogen-bond donors (Lipinski definition) is 1. The quantitative estimate of drug-likeness (QED) is 0.680. The van der Waals surface area contributed by atoms with Crippen molar-refractivity contribution in [2.75, 3.05) is 33.4 Å². The molecular formula is C12H22N2O3. The van der Waals surface area contributed by atoms with Gasteiger partial charge in [0.15, 0.2) is 6.29 Å². The van der Waals surface area contributed by atoms with Crippen LogP contribution in [0.5, 0.6) is 0 Å². The van der Waals surface area contributed by atoms with Gasteiger partial charge in [0.1, 0.15) is 0 Å². The molecule has 0 saturated carbocycles. The van der Waals surface area contributed by atoms with Gasteiger partial charge in [-0.3, -0.25) is 0 Å². The lowest BCUT2D eigenvalue weighted by Crippen LogP contribution is -2.26. The summed E-state index contributed by atoms with van der Waals surface area (Å²) in [7, 11) is 2.04. The van der Waals surface area contributed by atoms with Crippen molar-refractivity contribution in [1.29, 1.82) is 5.26 Å². The number of aliphatic hydroxyl groups excluding tert-OH is 1. The maximum absolute atomic E-state index is 8.71. The third kappa shape index (κ3) is 5.99. The van der Waals surface area contributed by atoms with Crippen molar-refractivity contribution in [3.8, 4) is 6.07 Å². The molecule has 0 bridgehead atoms. The predicted octanol–water partition coefficient (Wildman–Crippen LogP) is 0.736. The predicted molar refractivity (Wildman–Crippen MR) is 63.3 cm³/mol. The second kappa shape index (κ2) is 8.43. The monoisotopic (exact) mass is 242 g/mol. The fourth-order valence-corrected chi connectivity index (χ4v) is 1.81. The van der Waals surface area contributed by atoms with Gasteiger partial charge in [0, 0.05) is 32.5 Å². The molecule has 1 fully saturated rings.